The fourth-order valence-corrected chi connectivity index (χ4v) is 3.89. The summed E-state index contributed by atoms with van der Waals surface area (Å²) in [5, 5.41) is 19.5. The highest BCUT2D eigenvalue weighted by Gasteiger charge is 2.24. The molecule has 4 aromatic rings. The third-order valence-electron chi connectivity index (χ3n) is 5.57. The number of carbonyl (C=O) groups is 1. The Hall–Kier alpha value is -4.14. The van der Waals surface area contributed by atoms with Crippen molar-refractivity contribution in [2.45, 2.75) is 13.0 Å². The second kappa shape index (κ2) is 7.60. The summed E-state index contributed by atoms with van der Waals surface area (Å²) in [6.07, 6.45) is 6.13. The number of fused-ring (bicyclic) bond motifs is 1. The molecular weight excluding hydrogens is 394 g/mol. The van der Waals surface area contributed by atoms with E-state index in [1.165, 1.54) is 0 Å². The highest BCUT2D eigenvalue weighted by Crippen LogP contribution is 2.26. The SMILES string of the molecule is Cn1c(C(=O)O)cc2c1CN(c1nccc(Nc3ccc(-c4cn[nH]c4)cc3)n1)CC2. The monoisotopic (exact) mass is 415 g/mol. The highest BCUT2D eigenvalue weighted by atomic mass is 16.4. The van der Waals surface area contributed by atoms with E-state index in [1.54, 1.807) is 30.1 Å². The molecular formula is C22H21N7O2. The number of aromatic carboxylic acids is 1. The Kier molecular flexibility index (Phi) is 4.62. The van der Waals surface area contributed by atoms with E-state index < -0.39 is 5.97 Å². The number of aromatic amines is 1. The van der Waals surface area contributed by atoms with Gasteiger partial charge in [0.25, 0.3) is 0 Å². The van der Waals surface area contributed by atoms with Gasteiger partial charge in [0.05, 0.1) is 12.7 Å². The van der Waals surface area contributed by atoms with E-state index in [1.807, 2.05) is 36.5 Å². The first kappa shape index (κ1) is 18.9. The Balaban J connectivity index is 1.33. The van der Waals surface area contributed by atoms with Crippen LogP contribution in [0, 0.1) is 0 Å². The van der Waals surface area contributed by atoms with E-state index >= 15 is 0 Å². The van der Waals surface area contributed by atoms with Crippen LogP contribution in [0.25, 0.3) is 11.1 Å². The molecule has 0 atom stereocenters. The Morgan fingerprint density at radius 2 is 2.03 bits per heavy atom. The van der Waals surface area contributed by atoms with Crippen LogP contribution in [0.5, 0.6) is 0 Å². The van der Waals surface area contributed by atoms with Gasteiger partial charge in [0, 0.05) is 42.9 Å². The quantitative estimate of drug-likeness (QED) is 0.459. The first-order valence-corrected chi connectivity index (χ1v) is 9.93. The van der Waals surface area contributed by atoms with Crippen molar-refractivity contribution in [3.8, 4) is 11.1 Å². The second-order valence-electron chi connectivity index (χ2n) is 7.47. The molecule has 0 saturated carbocycles. The molecule has 9 nitrogen and oxygen atoms in total. The summed E-state index contributed by atoms with van der Waals surface area (Å²) in [5.74, 6) is 0.401. The predicted molar refractivity (Wildman–Crippen MR) is 116 cm³/mol. The van der Waals surface area contributed by atoms with Gasteiger partial charge >= 0.3 is 5.97 Å². The van der Waals surface area contributed by atoms with Crippen LogP contribution in [-0.2, 0) is 20.0 Å². The number of anilines is 3. The van der Waals surface area contributed by atoms with Crippen LogP contribution >= 0.6 is 0 Å². The van der Waals surface area contributed by atoms with Crippen molar-refractivity contribution in [1.29, 1.82) is 0 Å². The molecule has 5 rings (SSSR count). The molecule has 1 aliphatic heterocycles. The molecule has 0 amide bonds. The first-order valence-electron chi connectivity index (χ1n) is 9.93. The minimum atomic E-state index is -0.912. The number of hydrogen-bond acceptors (Lipinski definition) is 6. The Morgan fingerprint density at radius 3 is 2.77 bits per heavy atom. The van der Waals surface area contributed by atoms with Gasteiger partial charge in [0.2, 0.25) is 5.95 Å². The van der Waals surface area contributed by atoms with Crippen LogP contribution in [0.15, 0.2) is 55.0 Å². The number of carboxylic acid groups (broad SMARTS) is 1. The van der Waals surface area contributed by atoms with E-state index in [0.29, 0.717) is 24.0 Å². The zero-order chi connectivity index (χ0) is 21.4. The van der Waals surface area contributed by atoms with Crippen LogP contribution in [0.4, 0.5) is 17.5 Å². The van der Waals surface area contributed by atoms with Crippen LogP contribution in [0.1, 0.15) is 21.7 Å². The van der Waals surface area contributed by atoms with Gasteiger partial charge in [0.15, 0.2) is 0 Å². The second-order valence-corrected chi connectivity index (χ2v) is 7.47. The number of rotatable bonds is 5. The number of hydrogen-bond donors (Lipinski definition) is 3. The van der Waals surface area contributed by atoms with Gasteiger partial charge in [-0.3, -0.25) is 5.10 Å². The Bertz CT molecular complexity index is 1230. The molecule has 0 unspecified atom stereocenters. The molecule has 9 heteroatoms. The van der Waals surface area contributed by atoms with E-state index in [-0.39, 0.29) is 0 Å². The van der Waals surface area contributed by atoms with Crippen LogP contribution in [0.2, 0.25) is 0 Å². The molecule has 0 fully saturated rings. The summed E-state index contributed by atoms with van der Waals surface area (Å²) in [6.45, 7) is 1.31. The molecule has 3 aromatic heterocycles. The summed E-state index contributed by atoms with van der Waals surface area (Å²) in [4.78, 5) is 22.6. The normalized spacial score (nSPS) is 13.1. The molecule has 0 spiro atoms. The minimum absolute atomic E-state index is 0.307. The maximum atomic E-state index is 11.4. The van der Waals surface area contributed by atoms with E-state index in [2.05, 4.69) is 30.4 Å². The van der Waals surface area contributed by atoms with Crippen molar-refractivity contribution < 1.29 is 9.90 Å². The average Bonchev–Trinajstić information content (AvgIpc) is 3.43. The van der Waals surface area contributed by atoms with Gasteiger partial charge < -0.3 is 19.9 Å². The third kappa shape index (κ3) is 3.61. The molecule has 1 aromatic carbocycles. The van der Waals surface area contributed by atoms with Crippen molar-refractivity contribution in [3.05, 3.63) is 71.9 Å². The topological polar surface area (TPSA) is 112 Å². The van der Waals surface area contributed by atoms with Gasteiger partial charge in [-0.1, -0.05) is 12.1 Å². The maximum Gasteiger partial charge on any atom is 0.352 e. The number of benzene rings is 1. The Morgan fingerprint density at radius 1 is 1.19 bits per heavy atom. The molecule has 0 bridgehead atoms. The van der Waals surface area contributed by atoms with Crippen LogP contribution in [0.3, 0.4) is 0 Å². The summed E-state index contributed by atoms with van der Waals surface area (Å²) in [5.41, 5.74) is 5.40. The largest absolute Gasteiger partial charge is 0.477 e. The van der Waals surface area contributed by atoms with Crippen LogP contribution in [-0.4, -0.2) is 42.4 Å². The summed E-state index contributed by atoms with van der Waals surface area (Å²) < 4.78 is 1.74. The number of aromatic nitrogens is 5. The number of nitrogens with one attached hydrogen (secondary N) is 2. The summed E-state index contributed by atoms with van der Waals surface area (Å²) in [6, 6.07) is 11.6. The van der Waals surface area contributed by atoms with Gasteiger partial charge in [-0.2, -0.15) is 10.1 Å². The summed E-state index contributed by atoms with van der Waals surface area (Å²) >= 11 is 0. The molecule has 0 aliphatic carbocycles. The lowest BCUT2D eigenvalue weighted by molar-refractivity contribution is 0.0686. The maximum absolute atomic E-state index is 11.4. The fourth-order valence-electron chi connectivity index (χ4n) is 3.89. The van der Waals surface area contributed by atoms with Crippen LogP contribution < -0.4 is 10.2 Å². The van der Waals surface area contributed by atoms with Gasteiger partial charge in [-0.15, -0.1) is 0 Å². The van der Waals surface area contributed by atoms with Gasteiger partial charge in [-0.25, -0.2) is 9.78 Å². The van der Waals surface area contributed by atoms with Crippen molar-refractivity contribution in [3.63, 3.8) is 0 Å². The summed E-state index contributed by atoms with van der Waals surface area (Å²) in [7, 11) is 1.79. The van der Waals surface area contributed by atoms with Gasteiger partial charge in [0.1, 0.15) is 11.5 Å². The van der Waals surface area contributed by atoms with Crippen molar-refractivity contribution in [2.24, 2.45) is 7.05 Å². The lowest BCUT2D eigenvalue weighted by Crippen LogP contribution is -2.32. The predicted octanol–water partition coefficient (Wildman–Crippen LogP) is 3.21. The van der Waals surface area contributed by atoms with Crippen molar-refractivity contribution in [2.75, 3.05) is 16.8 Å². The first-order chi connectivity index (χ1) is 15.1. The standard InChI is InChI=1S/C22H21N7O2/c1-28-18(21(30)31)10-15-7-9-29(13-19(15)28)22-23-8-6-20(27-22)26-17-4-2-14(3-5-17)16-11-24-25-12-16/h2-6,8,10-12H,7,9,13H2,1H3,(H,24,25)(H,30,31)(H,23,26,27). The lowest BCUT2D eigenvalue weighted by atomic mass is 10.1. The fraction of sp³-hybridized carbons (Fsp3) is 0.182. The molecule has 4 heterocycles. The molecule has 1 aliphatic rings. The zero-order valence-electron chi connectivity index (χ0n) is 16.9. The van der Waals surface area contributed by atoms with E-state index in [0.717, 1.165) is 41.0 Å². The van der Waals surface area contributed by atoms with Crippen molar-refractivity contribution in [1.82, 2.24) is 24.7 Å². The molecule has 0 saturated heterocycles. The molecule has 31 heavy (non-hydrogen) atoms. The van der Waals surface area contributed by atoms with E-state index in [9.17, 15) is 9.90 Å². The third-order valence-corrected chi connectivity index (χ3v) is 5.57. The lowest BCUT2D eigenvalue weighted by Gasteiger charge is -2.28. The highest BCUT2D eigenvalue weighted by molar-refractivity contribution is 5.86. The Labute approximate surface area is 178 Å². The average molecular weight is 415 g/mol. The molecule has 3 N–H and O–H groups in total. The smallest absolute Gasteiger partial charge is 0.352 e. The molecule has 0 radical (unpaired) electrons. The van der Waals surface area contributed by atoms with Crippen molar-refractivity contribution >= 4 is 23.4 Å². The number of nitrogens with zero attached hydrogens (tertiary/aromatic N) is 5. The van der Waals surface area contributed by atoms with E-state index in [4.69, 9.17) is 0 Å². The molecule has 156 valence electrons. The number of carboxylic acids is 1. The minimum Gasteiger partial charge on any atom is -0.477 e. The zero-order valence-corrected chi connectivity index (χ0v) is 16.9. The number of H-pyrrole nitrogens is 1. The van der Waals surface area contributed by atoms with Gasteiger partial charge in [-0.05, 0) is 41.8 Å².